The van der Waals surface area contributed by atoms with E-state index in [9.17, 15) is 5.11 Å². The number of aliphatic hydroxyl groups excluding tert-OH is 1. The van der Waals surface area contributed by atoms with Crippen LogP contribution in [0.5, 0.6) is 0 Å². The molecule has 0 fully saturated rings. The summed E-state index contributed by atoms with van der Waals surface area (Å²) in [6.07, 6.45) is -0.759. The molecule has 5 nitrogen and oxygen atoms in total. The van der Waals surface area contributed by atoms with Gasteiger partial charge in [-0.2, -0.15) is 4.98 Å². The Morgan fingerprint density at radius 3 is 2.65 bits per heavy atom. The van der Waals surface area contributed by atoms with Crippen molar-refractivity contribution < 1.29 is 34.0 Å². The average Bonchev–Trinajstić information content (AvgIpc) is 2.66. The number of hydrogen-bond donors (Lipinski definition) is 1. The van der Waals surface area contributed by atoms with E-state index in [2.05, 4.69) is 10.1 Å². The largest absolute Gasteiger partial charge is 1.00 e. The molecule has 0 saturated carbocycles. The molecule has 0 amide bonds. The van der Waals surface area contributed by atoms with Gasteiger partial charge in [0.25, 0.3) is 5.89 Å². The fourth-order valence-corrected chi connectivity index (χ4v) is 1.34. The van der Waals surface area contributed by atoms with Crippen LogP contribution in [0.1, 0.15) is 18.9 Å². The van der Waals surface area contributed by atoms with Crippen LogP contribution in [0.15, 0.2) is 28.8 Å². The summed E-state index contributed by atoms with van der Waals surface area (Å²) >= 11 is 5.83. The van der Waals surface area contributed by atoms with Crippen LogP contribution in [0.25, 0.3) is 11.4 Å². The van der Waals surface area contributed by atoms with Crippen molar-refractivity contribution >= 4 is 11.6 Å². The molecule has 1 unspecified atom stereocenters. The summed E-state index contributed by atoms with van der Waals surface area (Å²) in [6, 6.07) is 7.12. The average molecular weight is 249 g/mol. The normalized spacial score (nSPS) is 11.2. The predicted octanol–water partition coefficient (Wildman–Crippen LogP) is -0.730. The van der Waals surface area contributed by atoms with Crippen LogP contribution < -0.4 is 18.9 Å². The summed E-state index contributed by atoms with van der Waals surface area (Å²) < 4.78 is 4.87. The maximum absolute atomic E-state index is 9.22. The van der Waals surface area contributed by atoms with Crippen molar-refractivity contribution in [3.8, 4) is 11.4 Å². The van der Waals surface area contributed by atoms with Gasteiger partial charge in [0, 0.05) is 10.6 Å². The molecule has 0 bridgehead atoms. The van der Waals surface area contributed by atoms with Gasteiger partial charge in [0.15, 0.2) is 0 Å². The number of hydrogen-bond acceptors (Lipinski definition) is 5. The summed E-state index contributed by atoms with van der Waals surface area (Å²) in [7, 11) is 0. The van der Waals surface area contributed by atoms with Gasteiger partial charge in [0.1, 0.15) is 6.10 Å². The Morgan fingerprint density at radius 2 is 2.12 bits per heavy atom. The molecule has 17 heavy (non-hydrogen) atoms. The minimum Gasteiger partial charge on any atom is -0.870 e. The SMILES string of the molecule is CC(O)c1nc(-c2cccc(Cl)c2)no1.[Li+].[OH-]. The molecule has 0 aliphatic heterocycles. The van der Waals surface area contributed by atoms with Crippen molar-refractivity contribution in [1.82, 2.24) is 10.1 Å². The number of rotatable bonds is 2. The number of halogens is 1. The Labute approximate surface area is 115 Å². The molecule has 1 atom stereocenters. The van der Waals surface area contributed by atoms with Crippen molar-refractivity contribution in [3.63, 3.8) is 0 Å². The van der Waals surface area contributed by atoms with Crippen molar-refractivity contribution in [3.05, 3.63) is 35.2 Å². The minimum atomic E-state index is -0.759. The van der Waals surface area contributed by atoms with E-state index < -0.39 is 6.10 Å². The Kier molecular flexibility index (Phi) is 6.46. The molecular formula is C10H10ClLiN2O3. The van der Waals surface area contributed by atoms with E-state index in [1.807, 2.05) is 6.07 Å². The number of benzene rings is 1. The summed E-state index contributed by atoms with van der Waals surface area (Å²) in [6.45, 7) is 1.56. The first-order valence-corrected chi connectivity index (χ1v) is 4.82. The minimum absolute atomic E-state index is 0. The standard InChI is InChI=1S/C10H9ClN2O2.Li.H2O/c1-6(14)10-12-9(13-15-10)7-3-2-4-8(11)5-7;;/h2-6,14H,1H3;;1H2/q;+1;/p-1. The van der Waals surface area contributed by atoms with Crippen molar-refractivity contribution in [2.24, 2.45) is 0 Å². The number of aliphatic hydroxyl groups is 1. The number of aromatic nitrogens is 2. The number of nitrogens with zero attached hydrogens (tertiary/aromatic N) is 2. The Hall–Kier alpha value is -0.833. The van der Waals surface area contributed by atoms with Crippen LogP contribution in [0.4, 0.5) is 0 Å². The smallest absolute Gasteiger partial charge is 0.870 e. The third-order valence-corrected chi connectivity index (χ3v) is 2.12. The van der Waals surface area contributed by atoms with Gasteiger partial charge >= 0.3 is 18.9 Å². The molecule has 7 heteroatoms. The molecule has 86 valence electrons. The fraction of sp³-hybridized carbons (Fsp3) is 0.200. The van der Waals surface area contributed by atoms with E-state index in [1.165, 1.54) is 0 Å². The molecule has 0 aliphatic rings. The molecule has 2 aromatic rings. The molecule has 2 rings (SSSR count). The zero-order chi connectivity index (χ0) is 10.8. The van der Waals surface area contributed by atoms with Crippen LogP contribution in [-0.4, -0.2) is 20.7 Å². The predicted molar refractivity (Wildman–Crippen MR) is 57.3 cm³/mol. The third kappa shape index (κ3) is 3.84. The second-order valence-electron chi connectivity index (χ2n) is 3.14. The summed E-state index contributed by atoms with van der Waals surface area (Å²) in [4.78, 5) is 4.03. The van der Waals surface area contributed by atoms with Gasteiger partial charge in [0.05, 0.1) is 0 Å². The second-order valence-corrected chi connectivity index (χ2v) is 3.58. The molecule has 0 saturated heterocycles. The molecule has 1 aromatic heterocycles. The van der Waals surface area contributed by atoms with Gasteiger partial charge in [-0.25, -0.2) is 0 Å². The zero-order valence-electron chi connectivity index (χ0n) is 9.46. The van der Waals surface area contributed by atoms with Gasteiger partial charge in [-0.15, -0.1) is 0 Å². The van der Waals surface area contributed by atoms with Gasteiger partial charge in [0.2, 0.25) is 5.82 Å². The first-order chi connectivity index (χ1) is 7.16. The first kappa shape index (κ1) is 16.2. The van der Waals surface area contributed by atoms with Crippen LogP contribution in [-0.2, 0) is 0 Å². The van der Waals surface area contributed by atoms with Crippen molar-refractivity contribution in [2.45, 2.75) is 13.0 Å². The maximum atomic E-state index is 9.22. The summed E-state index contributed by atoms with van der Waals surface area (Å²) in [5.41, 5.74) is 0.762. The maximum Gasteiger partial charge on any atom is 1.00 e. The van der Waals surface area contributed by atoms with Gasteiger partial charge < -0.3 is 15.1 Å². The van der Waals surface area contributed by atoms with E-state index in [0.29, 0.717) is 10.8 Å². The van der Waals surface area contributed by atoms with Gasteiger partial charge in [-0.3, -0.25) is 0 Å². The van der Waals surface area contributed by atoms with Crippen molar-refractivity contribution in [1.29, 1.82) is 0 Å². The Bertz CT molecular complexity index is 476. The molecule has 1 aromatic carbocycles. The van der Waals surface area contributed by atoms with Crippen LogP contribution in [0.3, 0.4) is 0 Å². The molecule has 2 N–H and O–H groups in total. The van der Waals surface area contributed by atoms with E-state index >= 15 is 0 Å². The Morgan fingerprint density at radius 1 is 1.41 bits per heavy atom. The monoisotopic (exact) mass is 248 g/mol. The molecule has 0 aliphatic carbocycles. The zero-order valence-corrected chi connectivity index (χ0v) is 10.2. The van der Waals surface area contributed by atoms with Crippen LogP contribution >= 0.6 is 11.6 Å². The summed E-state index contributed by atoms with van der Waals surface area (Å²) in [5, 5.41) is 13.6. The molecule has 1 heterocycles. The van der Waals surface area contributed by atoms with Crippen LogP contribution in [0.2, 0.25) is 5.02 Å². The molecule has 0 spiro atoms. The summed E-state index contributed by atoms with van der Waals surface area (Å²) in [5.74, 6) is 0.623. The second kappa shape index (κ2) is 6.79. The molecular weight excluding hydrogens is 239 g/mol. The molecule has 0 radical (unpaired) electrons. The first-order valence-electron chi connectivity index (χ1n) is 4.44. The Balaban J connectivity index is 0.00000128. The van der Waals surface area contributed by atoms with Gasteiger partial charge in [-0.05, 0) is 19.1 Å². The fourth-order valence-electron chi connectivity index (χ4n) is 1.15. The van der Waals surface area contributed by atoms with E-state index in [-0.39, 0.29) is 30.2 Å². The third-order valence-electron chi connectivity index (χ3n) is 1.88. The van der Waals surface area contributed by atoms with Crippen molar-refractivity contribution in [2.75, 3.05) is 0 Å². The topological polar surface area (TPSA) is 89.2 Å². The van der Waals surface area contributed by atoms with E-state index in [4.69, 9.17) is 16.1 Å². The van der Waals surface area contributed by atoms with Crippen LogP contribution in [0, 0.1) is 0 Å². The quantitative estimate of drug-likeness (QED) is 0.708. The van der Waals surface area contributed by atoms with Gasteiger partial charge in [-0.1, -0.05) is 28.9 Å². The van der Waals surface area contributed by atoms with E-state index in [1.54, 1.807) is 25.1 Å². The van der Waals surface area contributed by atoms with E-state index in [0.717, 1.165) is 5.56 Å².